The Morgan fingerprint density at radius 2 is 1.00 bits per heavy atom. The SMILES string of the molecule is O=C([O-])[O-].[OH-].[OH-].[Zn+2].[Zn+2]. The van der Waals surface area contributed by atoms with E-state index in [0.29, 0.717) is 0 Å². The molecular weight excluding hydrogens is 223 g/mol. The third kappa shape index (κ3) is 997. The van der Waals surface area contributed by atoms with E-state index in [-0.39, 0.29) is 49.9 Å². The monoisotopic (exact) mass is 222 g/mol. The average Bonchev–Trinajstić information content (AvgIpc) is 0.811. The van der Waals surface area contributed by atoms with Gasteiger partial charge in [0, 0.05) is 0 Å². The number of carbonyl (C=O) groups is 1. The maximum absolute atomic E-state index is 8.33. The molecule has 0 saturated heterocycles. The molecule has 0 aliphatic heterocycles. The van der Waals surface area contributed by atoms with Gasteiger partial charge in [-0.1, -0.05) is 0 Å². The van der Waals surface area contributed by atoms with E-state index in [1.807, 2.05) is 0 Å². The molecule has 0 unspecified atom stereocenters. The summed E-state index contributed by atoms with van der Waals surface area (Å²) in [6, 6.07) is 0. The first-order valence-electron chi connectivity index (χ1n) is 0.612. The first-order valence-corrected chi connectivity index (χ1v) is 0.612. The Bertz CT molecular complexity index is 33.4. The van der Waals surface area contributed by atoms with Crippen LogP contribution in [0.15, 0.2) is 0 Å². The Morgan fingerprint density at radius 1 is 1.00 bits per heavy atom. The topological polar surface area (TPSA) is 123 Å². The summed E-state index contributed by atoms with van der Waals surface area (Å²) in [5.74, 6) is 0. The number of rotatable bonds is 0. The largest absolute Gasteiger partial charge is 2.00 e. The van der Waals surface area contributed by atoms with Gasteiger partial charge in [-0.25, -0.2) is 0 Å². The molecule has 0 heterocycles. The zero-order chi connectivity index (χ0) is 3.58. The maximum Gasteiger partial charge on any atom is 2.00 e. The molecule has 40 valence electrons. The van der Waals surface area contributed by atoms with Gasteiger partial charge in [0.2, 0.25) is 0 Å². The van der Waals surface area contributed by atoms with Crippen LogP contribution in [0.1, 0.15) is 0 Å². The van der Waals surface area contributed by atoms with Crippen LogP contribution in [0.5, 0.6) is 0 Å². The molecule has 0 radical (unpaired) electrons. The number of hydrogen-bond acceptors (Lipinski definition) is 5. The number of carboxylic acid groups (broad SMARTS) is 2. The van der Waals surface area contributed by atoms with E-state index in [1.165, 1.54) is 0 Å². The van der Waals surface area contributed by atoms with Crippen molar-refractivity contribution in [3.63, 3.8) is 0 Å². The van der Waals surface area contributed by atoms with Crippen molar-refractivity contribution >= 4 is 6.16 Å². The molecule has 0 saturated carbocycles. The molecule has 8 heavy (non-hydrogen) atoms. The van der Waals surface area contributed by atoms with Crippen molar-refractivity contribution in [1.29, 1.82) is 0 Å². The third-order valence-electron chi connectivity index (χ3n) is 0. The van der Waals surface area contributed by atoms with Gasteiger partial charge in [0.05, 0.1) is 0 Å². The minimum Gasteiger partial charge on any atom is -0.870 e. The number of hydrogen-bond donors (Lipinski definition) is 0. The summed E-state index contributed by atoms with van der Waals surface area (Å²) in [4.78, 5) is 8.33. The number of carbonyl (C=O) groups excluding carboxylic acids is 1. The Labute approximate surface area is 71.2 Å². The van der Waals surface area contributed by atoms with Crippen LogP contribution in [-0.2, 0) is 39.0 Å². The van der Waals surface area contributed by atoms with Crippen LogP contribution in [0.25, 0.3) is 0 Å². The van der Waals surface area contributed by atoms with Crippen LogP contribution in [0.2, 0.25) is 0 Å². The van der Waals surface area contributed by atoms with Gasteiger partial charge in [0.1, 0.15) is 0 Å². The maximum atomic E-state index is 8.33. The van der Waals surface area contributed by atoms with E-state index in [0.717, 1.165) is 0 Å². The summed E-state index contributed by atoms with van der Waals surface area (Å²) in [6.07, 6.45) is -2.33. The van der Waals surface area contributed by atoms with Crippen LogP contribution in [-0.4, -0.2) is 17.1 Å². The summed E-state index contributed by atoms with van der Waals surface area (Å²) in [5, 5.41) is 16.7. The predicted octanol–water partition coefficient (Wildman–Crippen LogP) is -2.81. The van der Waals surface area contributed by atoms with E-state index >= 15 is 0 Å². The molecular formula is CH2O5Zn2. The third-order valence-corrected chi connectivity index (χ3v) is 0. The molecule has 0 rings (SSSR count). The normalized spacial score (nSPS) is 3.00. The molecule has 0 bridgehead atoms. The van der Waals surface area contributed by atoms with Crippen LogP contribution in [0, 0.1) is 0 Å². The fraction of sp³-hybridized carbons (Fsp3) is 0. The molecule has 0 atom stereocenters. The summed E-state index contributed by atoms with van der Waals surface area (Å²) < 4.78 is 0. The zero-order valence-electron chi connectivity index (χ0n) is 4.03. The molecule has 0 aliphatic rings. The van der Waals surface area contributed by atoms with E-state index in [1.54, 1.807) is 0 Å². The Hall–Kier alpha value is 0.437. The Morgan fingerprint density at radius 3 is 1.00 bits per heavy atom. The summed E-state index contributed by atoms with van der Waals surface area (Å²) in [7, 11) is 0. The second-order valence-corrected chi connectivity index (χ2v) is 0.250. The smallest absolute Gasteiger partial charge is 0.870 e. The summed E-state index contributed by atoms with van der Waals surface area (Å²) in [5.41, 5.74) is 0. The standard InChI is InChI=1S/CH2O3.2H2O.2Zn/c2-1(3)4;;;;/h(H2,2,3,4);2*1H2;;/q;;;2*+2/p-4. The van der Waals surface area contributed by atoms with Gasteiger partial charge < -0.3 is 26.0 Å². The van der Waals surface area contributed by atoms with Crippen molar-refractivity contribution < 1.29 is 64.9 Å². The molecule has 0 aromatic carbocycles. The van der Waals surface area contributed by atoms with Crippen molar-refractivity contribution in [3.8, 4) is 0 Å². The van der Waals surface area contributed by atoms with Crippen LogP contribution in [0.4, 0.5) is 4.79 Å². The molecule has 5 nitrogen and oxygen atoms in total. The minimum absolute atomic E-state index is 0. The van der Waals surface area contributed by atoms with Gasteiger partial charge in [-0.3, -0.25) is 0 Å². The minimum atomic E-state index is -2.33. The van der Waals surface area contributed by atoms with Gasteiger partial charge in [-0.05, 0) is 6.16 Å². The summed E-state index contributed by atoms with van der Waals surface area (Å²) >= 11 is 0. The molecule has 0 aromatic rings. The molecule has 0 amide bonds. The average molecular weight is 225 g/mol. The van der Waals surface area contributed by atoms with Gasteiger partial charge in [0.15, 0.2) is 0 Å². The van der Waals surface area contributed by atoms with Crippen molar-refractivity contribution in [1.82, 2.24) is 0 Å². The van der Waals surface area contributed by atoms with Gasteiger partial charge >= 0.3 is 39.0 Å². The van der Waals surface area contributed by atoms with E-state index < -0.39 is 6.16 Å². The molecule has 0 aliphatic carbocycles. The first kappa shape index (κ1) is 39.5. The second kappa shape index (κ2) is 26.1. The van der Waals surface area contributed by atoms with Crippen LogP contribution >= 0.6 is 0 Å². The zero-order valence-corrected chi connectivity index (χ0v) is 9.97. The van der Waals surface area contributed by atoms with Gasteiger partial charge in [-0.2, -0.15) is 0 Å². The molecule has 0 aromatic heterocycles. The quantitative estimate of drug-likeness (QED) is 0.411. The van der Waals surface area contributed by atoms with E-state index in [2.05, 4.69) is 0 Å². The van der Waals surface area contributed by atoms with Crippen LogP contribution < -0.4 is 10.2 Å². The van der Waals surface area contributed by atoms with Gasteiger partial charge in [-0.15, -0.1) is 0 Å². The van der Waals surface area contributed by atoms with E-state index in [4.69, 9.17) is 15.0 Å². The van der Waals surface area contributed by atoms with Crippen molar-refractivity contribution in [2.75, 3.05) is 0 Å². The Balaban J connectivity index is -0.00000000750. The molecule has 7 heteroatoms. The second-order valence-electron chi connectivity index (χ2n) is 0.250. The van der Waals surface area contributed by atoms with Crippen molar-refractivity contribution in [2.45, 2.75) is 0 Å². The predicted molar refractivity (Wildman–Crippen MR) is 9.27 cm³/mol. The summed E-state index contributed by atoms with van der Waals surface area (Å²) in [6.45, 7) is 0. The Kier molecular flexibility index (Phi) is 129. The fourth-order valence-corrected chi connectivity index (χ4v) is 0. The molecule has 0 spiro atoms. The van der Waals surface area contributed by atoms with Crippen molar-refractivity contribution in [2.24, 2.45) is 0 Å². The van der Waals surface area contributed by atoms with Crippen LogP contribution in [0.3, 0.4) is 0 Å². The van der Waals surface area contributed by atoms with E-state index in [9.17, 15) is 0 Å². The van der Waals surface area contributed by atoms with Gasteiger partial charge in [0.25, 0.3) is 0 Å². The fourth-order valence-electron chi connectivity index (χ4n) is 0. The first-order chi connectivity index (χ1) is 1.73. The molecule has 0 fully saturated rings. The molecule has 2 N–H and O–H groups in total. The van der Waals surface area contributed by atoms with Crippen molar-refractivity contribution in [3.05, 3.63) is 0 Å².